The fraction of sp³-hybridized carbons (Fsp3) is 0.333. The van der Waals surface area contributed by atoms with Gasteiger partial charge in [-0.2, -0.15) is 0 Å². The van der Waals surface area contributed by atoms with Crippen LogP contribution in [0.1, 0.15) is 11.7 Å². The van der Waals surface area contributed by atoms with Gasteiger partial charge in [-0.05, 0) is 29.0 Å². The number of hydrogen-bond acceptors (Lipinski definition) is 3. The third-order valence-corrected chi connectivity index (χ3v) is 2.46. The van der Waals surface area contributed by atoms with Gasteiger partial charge < -0.3 is 15.5 Å². The predicted molar refractivity (Wildman–Crippen MR) is 54.7 cm³/mol. The maximum atomic E-state index is 13.2. The zero-order valence-electron chi connectivity index (χ0n) is 7.59. The van der Waals surface area contributed by atoms with Crippen LogP contribution in [0, 0.1) is 5.82 Å². The molecule has 78 valence electrons. The van der Waals surface area contributed by atoms with Crippen LogP contribution in [-0.4, -0.2) is 23.8 Å². The lowest BCUT2D eigenvalue weighted by Gasteiger charge is -2.12. The largest absolute Gasteiger partial charge is 0.507 e. The number of aromatic hydroxyl groups is 1. The third kappa shape index (κ3) is 2.43. The molecule has 0 aromatic heterocycles. The summed E-state index contributed by atoms with van der Waals surface area (Å²) in [7, 11) is 1.66. The first kappa shape index (κ1) is 11.4. The van der Waals surface area contributed by atoms with Crippen LogP contribution in [0.3, 0.4) is 0 Å². The molecular weight excluding hydrogens is 253 g/mol. The summed E-state index contributed by atoms with van der Waals surface area (Å²) in [6.45, 7) is 0.258. The van der Waals surface area contributed by atoms with Crippen molar-refractivity contribution in [3.63, 3.8) is 0 Å². The number of aliphatic hydroxyl groups excluding tert-OH is 1. The lowest BCUT2D eigenvalue weighted by atomic mass is 10.1. The van der Waals surface area contributed by atoms with Crippen molar-refractivity contribution < 1.29 is 14.6 Å². The summed E-state index contributed by atoms with van der Waals surface area (Å²) in [5.41, 5.74) is 0.157. The fourth-order valence-corrected chi connectivity index (χ4v) is 1.47. The number of aliphatic hydroxyl groups is 1. The van der Waals surface area contributed by atoms with Crippen LogP contribution in [0.15, 0.2) is 16.6 Å². The van der Waals surface area contributed by atoms with Gasteiger partial charge >= 0.3 is 0 Å². The molecule has 1 rings (SSSR count). The predicted octanol–water partition coefficient (Wildman–Crippen LogP) is 1.55. The average molecular weight is 264 g/mol. The summed E-state index contributed by atoms with van der Waals surface area (Å²) in [5, 5.41) is 21.4. The van der Waals surface area contributed by atoms with Crippen LogP contribution in [0.4, 0.5) is 4.39 Å². The Labute approximate surface area is 89.7 Å². The van der Waals surface area contributed by atoms with E-state index in [4.69, 9.17) is 5.11 Å². The first-order valence-corrected chi connectivity index (χ1v) is 4.86. The Morgan fingerprint density at radius 2 is 2.21 bits per heavy atom. The molecule has 1 unspecified atom stereocenters. The van der Waals surface area contributed by atoms with E-state index >= 15 is 0 Å². The molecule has 1 aromatic carbocycles. The molecule has 0 heterocycles. The molecule has 14 heavy (non-hydrogen) atoms. The van der Waals surface area contributed by atoms with Crippen LogP contribution >= 0.6 is 15.9 Å². The van der Waals surface area contributed by atoms with Gasteiger partial charge in [0.15, 0.2) is 0 Å². The lowest BCUT2D eigenvalue weighted by Crippen LogP contribution is -2.17. The topological polar surface area (TPSA) is 52.5 Å². The molecule has 1 atom stereocenters. The second-order valence-corrected chi connectivity index (χ2v) is 3.75. The van der Waals surface area contributed by atoms with E-state index in [1.165, 1.54) is 6.07 Å². The van der Waals surface area contributed by atoms with Gasteiger partial charge in [0.1, 0.15) is 11.6 Å². The van der Waals surface area contributed by atoms with Crippen LogP contribution in [0.2, 0.25) is 0 Å². The zero-order chi connectivity index (χ0) is 10.7. The number of benzene rings is 1. The van der Waals surface area contributed by atoms with E-state index in [0.29, 0.717) is 4.47 Å². The molecular formula is C9H11BrFNO2. The average Bonchev–Trinajstić information content (AvgIpc) is 2.11. The number of hydrogen-bond donors (Lipinski definition) is 3. The number of halogens is 2. The summed E-state index contributed by atoms with van der Waals surface area (Å²) < 4.78 is 13.6. The highest BCUT2D eigenvalue weighted by Crippen LogP contribution is 2.29. The van der Waals surface area contributed by atoms with E-state index in [1.807, 2.05) is 0 Å². The highest BCUT2D eigenvalue weighted by molar-refractivity contribution is 9.10. The van der Waals surface area contributed by atoms with Gasteiger partial charge in [0, 0.05) is 18.2 Å². The minimum Gasteiger partial charge on any atom is -0.507 e. The molecule has 0 radical (unpaired) electrons. The molecule has 3 nitrogen and oxygen atoms in total. The maximum Gasteiger partial charge on any atom is 0.132 e. The highest BCUT2D eigenvalue weighted by atomic mass is 79.9. The molecule has 0 saturated heterocycles. The van der Waals surface area contributed by atoms with Gasteiger partial charge in [-0.15, -0.1) is 0 Å². The summed E-state index contributed by atoms with van der Waals surface area (Å²) in [6.07, 6.45) is -0.920. The van der Waals surface area contributed by atoms with Crippen molar-refractivity contribution in [2.75, 3.05) is 13.6 Å². The number of nitrogens with one attached hydrogen (secondary N) is 1. The maximum absolute atomic E-state index is 13.2. The van der Waals surface area contributed by atoms with Gasteiger partial charge in [0.25, 0.3) is 0 Å². The highest BCUT2D eigenvalue weighted by Gasteiger charge is 2.14. The smallest absolute Gasteiger partial charge is 0.132 e. The molecule has 0 aliphatic carbocycles. The standard InChI is InChI=1S/C9H11BrFNO2/c1-12-4-9(14)5-2-6(10)8(13)3-7(5)11/h2-3,9,12-14H,4H2,1H3. The third-order valence-electron chi connectivity index (χ3n) is 1.82. The number of rotatable bonds is 3. The molecule has 0 aliphatic rings. The van der Waals surface area contributed by atoms with E-state index in [0.717, 1.165) is 6.07 Å². The molecule has 3 N–H and O–H groups in total. The van der Waals surface area contributed by atoms with Crippen molar-refractivity contribution in [3.05, 3.63) is 28.0 Å². The van der Waals surface area contributed by atoms with Crippen molar-refractivity contribution in [2.24, 2.45) is 0 Å². The molecule has 0 fully saturated rings. The Kier molecular flexibility index (Phi) is 3.86. The summed E-state index contributed by atoms with van der Waals surface area (Å²) in [5.74, 6) is -0.795. The van der Waals surface area contributed by atoms with E-state index in [9.17, 15) is 9.50 Å². The molecule has 0 saturated carbocycles. The molecule has 0 spiro atoms. The number of phenolic OH excluding ortho intramolecular Hbond substituents is 1. The molecule has 0 amide bonds. The van der Waals surface area contributed by atoms with Crippen molar-refractivity contribution >= 4 is 15.9 Å². The second kappa shape index (κ2) is 4.72. The Morgan fingerprint density at radius 3 is 2.79 bits per heavy atom. The van der Waals surface area contributed by atoms with E-state index in [1.54, 1.807) is 7.05 Å². The summed E-state index contributed by atoms with van der Waals surface area (Å²) in [6, 6.07) is 2.34. The normalized spacial score (nSPS) is 12.9. The van der Waals surface area contributed by atoms with Gasteiger partial charge in [-0.3, -0.25) is 0 Å². The first-order valence-electron chi connectivity index (χ1n) is 4.06. The van der Waals surface area contributed by atoms with Gasteiger partial charge in [0.2, 0.25) is 0 Å². The summed E-state index contributed by atoms with van der Waals surface area (Å²) >= 11 is 3.05. The minimum absolute atomic E-state index is 0.157. The number of likely N-dealkylation sites (N-methyl/N-ethyl adjacent to an activating group) is 1. The van der Waals surface area contributed by atoms with Crippen LogP contribution in [0.5, 0.6) is 5.75 Å². The van der Waals surface area contributed by atoms with Gasteiger partial charge in [-0.1, -0.05) is 0 Å². The Bertz CT molecular complexity index is 333. The van der Waals surface area contributed by atoms with Crippen LogP contribution < -0.4 is 5.32 Å². The molecule has 0 aliphatic heterocycles. The minimum atomic E-state index is -0.920. The van der Waals surface area contributed by atoms with Crippen LogP contribution in [0.25, 0.3) is 0 Å². The van der Waals surface area contributed by atoms with E-state index < -0.39 is 11.9 Å². The quantitative estimate of drug-likeness (QED) is 0.776. The van der Waals surface area contributed by atoms with Crippen molar-refractivity contribution in [3.8, 4) is 5.75 Å². The Balaban J connectivity index is 3.02. The van der Waals surface area contributed by atoms with Gasteiger partial charge in [-0.25, -0.2) is 4.39 Å². The Hall–Kier alpha value is -0.650. The van der Waals surface area contributed by atoms with Crippen molar-refractivity contribution in [1.29, 1.82) is 0 Å². The fourth-order valence-electron chi connectivity index (χ4n) is 1.11. The van der Waals surface area contributed by atoms with Gasteiger partial charge in [0.05, 0.1) is 10.6 Å². The SMILES string of the molecule is CNCC(O)c1cc(Br)c(O)cc1F. The summed E-state index contributed by atoms with van der Waals surface area (Å²) in [4.78, 5) is 0. The van der Waals surface area contributed by atoms with Crippen LogP contribution in [-0.2, 0) is 0 Å². The Morgan fingerprint density at radius 1 is 1.57 bits per heavy atom. The first-order chi connectivity index (χ1) is 6.56. The lowest BCUT2D eigenvalue weighted by molar-refractivity contribution is 0.173. The second-order valence-electron chi connectivity index (χ2n) is 2.90. The molecule has 1 aromatic rings. The van der Waals surface area contributed by atoms with Crippen molar-refractivity contribution in [1.82, 2.24) is 5.32 Å². The molecule has 0 bridgehead atoms. The molecule has 5 heteroatoms. The monoisotopic (exact) mass is 263 g/mol. The van der Waals surface area contributed by atoms with Crippen molar-refractivity contribution in [2.45, 2.75) is 6.10 Å². The zero-order valence-corrected chi connectivity index (χ0v) is 9.18. The van der Waals surface area contributed by atoms with E-state index in [-0.39, 0.29) is 17.9 Å². The van der Waals surface area contributed by atoms with E-state index in [2.05, 4.69) is 21.2 Å². The number of phenols is 1.